The van der Waals surface area contributed by atoms with Crippen LogP contribution in [0.4, 0.5) is 0 Å². The molecule has 11 heavy (non-hydrogen) atoms. The van der Waals surface area contributed by atoms with E-state index in [1.807, 2.05) is 0 Å². The smallest absolute Gasteiger partial charge is 0.0662 e. The van der Waals surface area contributed by atoms with E-state index in [9.17, 15) is 0 Å². The average Bonchev–Trinajstić information content (AvgIpc) is 2.04. The van der Waals surface area contributed by atoms with Gasteiger partial charge in [0.15, 0.2) is 0 Å². The second-order valence-electron chi connectivity index (χ2n) is 2.94. The van der Waals surface area contributed by atoms with Crippen molar-refractivity contribution in [3.63, 3.8) is 0 Å². The van der Waals surface area contributed by atoms with Gasteiger partial charge in [-0.05, 0) is 24.0 Å². The lowest BCUT2D eigenvalue weighted by Gasteiger charge is -2.07. The maximum Gasteiger partial charge on any atom is 0.0662 e. The summed E-state index contributed by atoms with van der Waals surface area (Å²) >= 11 is 0. The monoisotopic (exact) mass is 150 g/mol. The number of hydrogen-bond acceptors (Lipinski definition) is 2. The van der Waals surface area contributed by atoms with E-state index in [-0.39, 0.29) is 0 Å². The number of aryl methyl sites for hydroxylation is 1. The Labute approximate surface area is 67.7 Å². The lowest BCUT2D eigenvalue weighted by Crippen LogP contribution is -1.99. The van der Waals surface area contributed by atoms with Crippen molar-refractivity contribution >= 4 is 0 Å². The highest BCUT2D eigenvalue weighted by atomic mass is 15.1. The largest absolute Gasteiger partial charge is 0.159 e. The second kappa shape index (κ2) is 3.46. The minimum absolute atomic E-state index is 0.556. The van der Waals surface area contributed by atoms with Crippen LogP contribution in [0.15, 0.2) is 12.3 Å². The van der Waals surface area contributed by atoms with Crippen LogP contribution in [0.25, 0.3) is 0 Å². The van der Waals surface area contributed by atoms with Gasteiger partial charge < -0.3 is 0 Å². The molecule has 2 heteroatoms. The van der Waals surface area contributed by atoms with Gasteiger partial charge in [-0.3, -0.25) is 0 Å². The molecule has 0 saturated carbocycles. The van der Waals surface area contributed by atoms with Gasteiger partial charge in [0.1, 0.15) is 0 Å². The zero-order chi connectivity index (χ0) is 8.27. The summed E-state index contributed by atoms with van der Waals surface area (Å²) in [4.78, 5) is 0. The molecule has 0 N–H and O–H groups in total. The first-order valence-electron chi connectivity index (χ1n) is 4.06. The molecule has 60 valence electrons. The zero-order valence-electron chi connectivity index (χ0n) is 7.33. The maximum absolute atomic E-state index is 4.07. The van der Waals surface area contributed by atoms with Crippen LogP contribution in [-0.2, 0) is 6.42 Å². The molecular weight excluding hydrogens is 136 g/mol. The fourth-order valence-electron chi connectivity index (χ4n) is 1.17. The Morgan fingerprint density at radius 1 is 1.45 bits per heavy atom. The van der Waals surface area contributed by atoms with Gasteiger partial charge in [-0.25, -0.2) is 0 Å². The molecule has 0 radical (unpaired) electrons. The highest BCUT2D eigenvalue weighted by Crippen LogP contribution is 2.16. The summed E-state index contributed by atoms with van der Waals surface area (Å²) in [6.45, 7) is 6.46. The lowest BCUT2D eigenvalue weighted by molar-refractivity contribution is 0.795. The van der Waals surface area contributed by atoms with Gasteiger partial charge in [0, 0.05) is 6.20 Å². The standard InChI is InChI=1S/C9H14N2/c1-4-9-8(7(2)3)5-6-10-11-9/h5-7H,4H2,1-3H3. The third-order valence-corrected chi connectivity index (χ3v) is 1.79. The number of aromatic nitrogens is 2. The molecule has 0 aliphatic carbocycles. The van der Waals surface area contributed by atoms with Crippen LogP contribution < -0.4 is 0 Å². The van der Waals surface area contributed by atoms with Gasteiger partial charge in [0.25, 0.3) is 0 Å². The zero-order valence-corrected chi connectivity index (χ0v) is 7.33. The number of nitrogens with zero attached hydrogens (tertiary/aromatic N) is 2. The summed E-state index contributed by atoms with van der Waals surface area (Å²) in [7, 11) is 0. The molecule has 0 atom stereocenters. The van der Waals surface area contributed by atoms with E-state index >= 15 is 0 Å². The normalized spacial score (nSPS) is 10.5. The van der Waals surface area contributed by atoms with E-state index in [0.29, 0.717) is 5.92 Å². The second-order valence-corrected chi connectivity index (χ2v) is 2.94. The van der Waals surface area contributed by atoms with Crippen molar-refractivity contribution in [3.8, 4) is 0 Å². The third-order valence-electron chi connectivity index (χ3n) is 1.79. The van der Waals surface area contributed by atoms with E-state index < -0.39 is 0 Å². The van der Waals surface area contributed by atoms with E-state index in [2.05, 4.69) is 37.0 Å². The molecule has 1 rings (SSSR count). The first-order valence-corrected chi connectivity index (χ1v) is 4.06. The van der Waals surface area contributed by atoms with Crippen LogP contribution in [0.3, 0.4) is 0 Å². The summed E-state index contributed by atoms with van der Waals surface area (Å²) in [5.74, 6) is 0.556. The topological polar surface area (TPSA) is 25.8 Å². The van der Waals surface area contributed by atoms with Crippen molar-refractivity contribution in [1.29, 1.82) is 0 Å². The van der Waals surface area contributed by atoms with E-state index in [0.717, 1.165) is 12.1 Å². The first kappa shape index (κ1) is 8.18. The molecule has 0 aromatic carbocycles. The van der Waals surface area contributed by atoms with Crippen LogP contribution in [0.2, 0.25) is 0 Å². The molecule has 1 heterocycles. The molecule has 0 fully saturated rings. The molecule has 0 saturated heterocycles. The van der Waals surface area contributed by atoms with Gasteiger partial charge in [-0.2, -0.15) is 10.2 Å². The summed E-state index contributed by atoms with van der Waals surface area (Å²) in [5, 5.41) is 7.92. The van der Waals surface area contributed by atoms with Gasteiger partial charge >= 0.3 is 0 Å². The SMILES string of the molecule is CCc1nnccc1C(C)C. The van der Waals surface area contributed by atoms with E-state index in [1.165, 1.54) is 5.56 Å². The number of hydrogen-bond donors (Lipinski definition) is 0. The predicted molar refractivity (Wildman–Crippen MR) is 45.5 cm³/mol. The molecule has 1 aromatic heterocycles. The molecule has 0 spiro atoms. The maximum atomic E-state index is 4.07. The van der Waals surface area contributed by atoms with Crippen molar-refractivity contribution in [1.82, 2.24) is 10.2 Å². The average molecular weight is 150 g/mol. The van der Waals surface area contributed by atoms with Crippen LogP contribution in [0.1, 0.15) is 37.9 Å². The summed E-state index contributed by atoms with van der Waals surface area (Å²) in [5.41, 5.74) is 2.45. The molecule has 1 aromatic rings. The molecule has 0 aliphatic rings. The van der Waals surface area contributed by atoms with Crippen LogP contribution >= 0.6 is 0 Å². The highest BCUT2D eigenvalue weighted by molar-refractivity contribution is 5.20. The predicted octanol–water partition coefficient (Wildman–Crippen LogP) is 2.16. The molecule has 0 unspecified atom stereocenters. The first-order chi connectivity index (χ1) is 5.25. The van der Waals surface area contributed by atoms with Crippen molar-refractivity contribution in [2.45, 2.75) is 33.1 Å². The van der Waals surface area contributed by atoms with Crippen molar-refractivity contribution in [2.24, 2.45) is 0 Å². The molecule has 0 amide bonds. The Hall–Kier alpha value is -0.920. The minimum atomic E-state index is 0.556. The summed E-state index contributed by atoms with van der Waals surface area (Å²) in [6, 6.07) is 2.05. The highest BCUT2D eigenvalue weighted by Gasteiger charge is 2.04. The van der Waals surface area contributed by atoms with E-state index in [1.54, 1.807) is 6.20 Å². The van der Waals surface area contributed by atoms with Crippen molar-refractivity contribution in [2.75, 3.05) is 0 Å². The van der Waals surface area contributed by atoms with Gasteiger partial charge in [0.2, 0.25) is 0 Å². The molecule has 0 aliphatic heterocycles. The third kappa shape index (κ3) is 1.76. The Morgan fingerprint density at radius 2 is 2.18 bits per heavy atom. The Morgan fingerprint density at radius 3 is 2.64 bits per heavy atom. The Balaban J connectivity index is 3.02. The Bertz CT molecular complexity index is 231. The van der Waals surface area contributed by atoms with Crippen molar-refractivity contribution < 1.29 is 0 Å². The van der Waals surface area contributed by atoms with Gasteiger partial charge in [0.05, 0.1) is 5.69 Å². The van der Waals surface area contributed by atoms with Gasteiger partial charge in [-0.1, -0.05) is 20.8 Å². The lowest BCUT2D eigenvalue weighted by atomic mass is 10.0. The van der Waals surface area contributed by atoms with Crippen molar-refractivity contribution in [3.05, 3.63) is 23.5 Å². The Kier molecular flexibility index (Phi) is 2.58. The number of rotatable bonds is 2. The fourth-order valence-corrected chi connectivity index (χ4v) is 1.17. The summed E-state index contributed by atoms with van der Waals surface area (Å²) in [6.07, 6.45) is 2.73. The fraction of sp³-hybridized carbons (Fsp3) is 0.556. The quantitative estimate of drug-likeness (QED) is 0.645. The molecule has 2 nitrogen and oxygen atoms in total. The van der Waals surface area contributed by atoms with Crippen LogP contribution in [0, 0.1) is 0 Å². The van der Waals surface area contributed by atoms with Crippen LogP contribution in [0.5, 0.6) is 0 Å². The van der Waals surface area contributed by atoms with Crippen LogP contribution in [-0.4, -0.2) is 10.2 Å². The minimum Gasteiger partial charge on any atom is -0.159 e. The molecular formula is C9H14N2. The molecule has 0 bridgehead atoms. The van der Waals surface area contributed by atoms with Gasteiger partial charge in [-0.15, -0.1) is 0 Å². The van der Waals surface area contributed by atoms with E-state index in [4.69, 9.17) is 0 Å². The summed E-state index contributed by atoms with van der Waals surface area (Å²) < 4.78 is 0.